The average Bonchev–Trinajstić information content (AvgIpc) is 2.57. The van der Waals surface area contributed by atoms with E-state index in [2.05, 4.69) is 10.5 Å². The number of anilines is 1. The molecule has 126 valence electrons. The van der Waals surface area contributed by atoms with Crippen LogP contribution in [0.2, 0.25) is 5.02 Å². The maximum Gasteiger partial charge on any atom is 0.128 e. The predicted molar refractivity (Wildman–Crippen MR) is 93.6 cm³/mol. The Morgan fingerprint density at radius 3 is 2.54 bits per heavy atom. The third kappa shape index (κ3) is 4.99. The number of nitrogens with zero attached hydrogens (tertiary/aromatic N) is 1. The van der Waals surface area contributed by atoms with Crippen molar-refractivity contribution < 1.29 is 14.6 Å². The summed E-state index contributed by atoms with van der Waals surface area (Å²) < 4.78 is 5.06. The lowest BCUT2D eigenvalue weighted by Crippen LogP contribution is -2.28. The second-order valence-corrected chi connectivity index (χ2v) is 5.58. The van der Waals surface area contributed by atoms with Crippen molar-refractivity contribution in [3.8, 4) is 5.75 Å². The summed E-state index contributed by atoms with van der Waals surface area (Å²) in [7, 11) is 0. The zero-order valence-corrected chi connectivity index (χ0v) is 14.3. The van der Waals surface area contributed by atoms with Crippen molar-refractivity contribution in [1.29, 1.82) is 0 Å². The molecule has 5 nitrogen and oxygen atoms in total. The zero-order chi connectivity index (χ0) is 17.5. The number of rotatable bonds is 7. The summed E-state index contributed by atoms with van der Waals surface area (Å²) in [4.78, 5) is 10.4. The molecule has 2 rings (SSSR count). The minimum atomic E-state index is -1.25. The third-order valence-corrected chi connectivity index (χ3v) is 3.78. The highest BCUT2D eigenvalue weighted by Crippen LogP contribution is 2.20. The molecule has 0 heterocycles. The minimum absolute atomic E-state index is 0.468. The molecule has 2 aromatic rings. The highest BCUT2D eigenvalue weighted by Gasteiger charge is 2.03. The first-order valence-corrected chi connectivity index (χ1v) is 7.89. The van der Waals surface area contributed by atoms with Crippen LogP contribution >= 0.6 is 11.6 Å². The molecule has 2 aromatic carbocycles. The lowest BCUT2D eigenvalue weighted by Gasteiger charge is -2.09. The number of halogens is 1. The van der Waals surface area contributed by atoms with Crippen molar-refractivity contribution in [2.45, 2.75) is 20.3 Å². The van der Waals surface area contributed by atoms with E-state index in [1.165, 1.54) is 0 Å². The molecule has 0 atom stereocenters. The molecular formula is C18H18ClN2O3-. The third-order valence-electron chi connectivity index (χ3n) is 3.37. The molecule has 1 N–H and O–H groups in total. The Kier molecular flexibility index (Phi) is 6.21. The molecule has 24 heavy (non-hydrogen) atoms. The van der Waals surface area contributed by atoms with Gasteiger partial charge in [0.25, 0.3) is 0 Å². The fourth-order valence-corrected chi connectivity index (χ4v) is 2.21. The van der Waals surface area contributed by atoms with Crippen LogP contribution in [0.5, 0.6) is 5.75 Å². The van der Waals surface area contributed by atoms with Gasteiger partial charge in [-0.15, -0.1) is 0 Å². The largest absolute Gasteiger partial charge is 0.546 e. The maximum absolute atomic E-state index is 10.4. The Morgan fingerprint density at radius 2 is 1.96 bits per heavy atom. The predicted octanol–water partition coefficient (Wildman–Crippen LogP) is 3.00. The number of ether oxygens (including phenoxy) is 1. The number of carbonyl (C=O) groups is 1. The summed E-state index contributed by atoms with van der Waals surface area (Å²) in [5.41, 5.74) is 6.60. The Hall–Kier alpha value is -2.53. The van der Waals surface area contributed by atoms with Crippen molar-refractivity contribution in [3.63, 3.8) is 0 Å². The SMILES string of the molecule is CC/C(=N/Nc1ccc(C)c(Cl)c1)c1ccc(OCC(=O)[O-])cc1. The smallest absolute Gasteiger partial charge is 0.128 e. The standard InChI is InChI=1S/C18H19ClN2O3/c1-3-17(21-20-14-7-4-12(2)16(19)10-14)13-5-8-15(9-6-13)24-11-18(22)23/h4-10,20H,3,11H2,1-2H3,(H,22,23)/p-1/b21-17-. The van der Waals surface area contributed by atoms with Crippen molar-refractivity contribution >= 4 is 29.0 Å². The average molecular weight is 346 g/mol. The topological polar surface area (TPSA) is 73.8 Å². The first-order chi connectivity index (χ1) is 11.5. The number of carbonyl (C=O) groups excluding carboxylic acids is 1. The summed E-state index contributed by atoms with van der Waals surface area (Å²) in [6, 6.07) is 12.7. The molecule has 6 heteroatoms. The number of hydrazone groups is 1. The van der Waals surface area contributed by atoms with Gasteiger partial charge in [0.05, 0.1) is 17.4 Å². The van der Waals surface area contributed by atoms with Gasteiger partial charge < -0.3 is 14.6 Å². The Balaban J connectivity index is 2.09. The Morgan fingerprint density at radius 1 is 1.25 bits per heavy atom. The van der Waals surface area contributed by atoms with Gasteiger partial charge in [0.15, 0.2) is 0 Å². The molecule has 0 unspecified atom stereocenters. The molecule has 0 aliphatic rings. The molecule has 0 aromatic heterocycles. The van der Waals surface area contributed by atoms with Gasteiger partial charge in [-0.1, -0.05) is 24.6 Å². The quantitative estimate of drug-likeness (QED) is 0.618. The number of carboxylic acids is 1. The lowest BCUT2D eigenvalue weighted by molar-refractivity contribution is -0.307. The monoisotopic (exact) mass is 345 g/mol. The molecule has 0 spiro atoms. The van der Waals surface area contributed by atoms with Crippen LogP contribution < -0.4 is 15.3 Å². The van der Waals surface area contributed by atoms with Gasteiger partial charge in [0.1, 0.15) is 12.4 Å². The zero-order valence-electron chi connectivity index (χ0n) is 13.5. The number of benzene rings is 2. The van der Waals surface area contributed by atoms with Crippen LogP contribution in [0.3, 0.4) is 0 Å². The summed E-state index contributed by atoms with van der Waals surface area (Å²) >= 11 is 6.10. The van der Waals surface area contributed by atoms with E-state index in [4.69, 9.17) is 16.3 Å². The van der Waals surface area contributed by atoms with Crippen molar-refractivity contribution in [2.75, 3.05) is 12.0 Å². The molecule has 0 saturated heterocycles. The van der Waals surface area contributed by atoms with Gasteiger partial charge in [0.2, 0.25) is 0 Å². The van der Waals surface area contributed by atoms with Crippen LogP contribution in [0.15, 0.2) is 47.6 Å². The minimum Gasteiger partial charge on any atom is -0.546 e. The van der Waals surface area contributed by atoms with E-state index in [0.717, 1.165) is 28.9 Å². The van der Waals surface area contributed by atoms with Gasteiger partial charge >= 0.3 is 0 Å². The van der Waals surface area contributed by atoms with Crippen molar-refractivity contribution in [1.82, 2.24) is 0 Å². The summed E-state index contributed by atoms with van der Waals surface area (Å²) in [6.45, 7) is 3.48. The Labute approximate surface area is 145 Å². The number of aryl methyl sites for hydroxylation is 1. The highest BCUT2D eigenvalue weighted by molar-refractivity contribution is 6.31. The Bertz CT molecular complexity index is 742. The van der Waals surface area contributed by atoms with E-state index in [9.17, 15) is 9.90 Å². The molecule has 0 radical (unpaired) electrons. The van der Waals surface area contributed by atoms with E-state index in [1.54, 1.807) is 12.1 Å². The van der Waals surface area contributed by atoms with Crippen LogP contribution in [-0.2, 0) is 4.79 Å². The van der Waals surface area contributed by atoms with Crippen molar-refractivity contribution in [3.05, 3.63) is 58.6 Å². The van der Waals surface area contributed by atoms with Crippen LogP contribution in [0.25, 0.3) is 0 Å². The van der Waals surface area contributed by atoms with E-state index >= 15 is 0 Å². The number of nitrogens with one attached hydrogen (secondary N) is 1. The van der Waals surface area contributed by atoms with E-state index in [1.807, 2.05) is 44.2 Å². The second-order valence-electron chi connectivity index (χ2n) is 5.17. The molecular weight excluding hydrogens is 328 g/mol. The molecule has 0 bridgehead atoms. The summed E-state index contributed by atoms with van der Waals surface area (Å²) in [5, 5.41) is 15.5. The molecule has 0 amide bonds. The normalized spacial score (nSPS) is 11.2. The lowest BCUT2D eigenvalue weighted by atomic mass is 10.1. The highest BCUT2D eigenvalue weighted by atomic mass is 35.5. The molecule has 0 aliphatic carbocycles. The van der Waals surface area contributed by atoms with Gasteiger partial charge in [-0.2, -0.15) is 5.10 Å². The maximum atomic E-state index is 10.4. The van der Waals surface area contributed by atoms with E-state index in [0.29, 0.717) is 10.8 Å². The van der Waals surface area contributed by atoms with Crippen LogP contribution in [0.1, 0.15) is 24.5 Å². The first-order valence-electron chi connectivity index (χ1n) is 7.51. The number of carboxylic acid groups (broad SMARTS) is 1. The number of hydrogen-bond donors (Lipinski definition) is 1. The number of aliphatic carboxylic acids is 1. The molecule has 0 fully saturated rings. The fraction of sp³-hybridized carbons (Fsp3) is 0.222. The summed E-state index contributed by atoms with van der Waals surface area (Å²) in [5.74, 6) is -0.785. The van der Waals surface area contributed by atoms with Gasteiger partial charge in [0, 0.05) is 5.02 Å². The summed E-state index contributed by atoms with van der Waals surface area (Å²) in [6.07, 6.45) is 0.728. The van der Waals surface area contributed by atoms with Crippen LogP contribution in [0, 0.1) is 6.92 Å². The second kappa shape index (κ2) is 8.36. The molecule has 0 aliphatic heterocycles. The first kappa shape index (κ1) is 17.8. The molecule has 0 saturated carbocycles. The fourth-order valence-electron chi connectivity index (χ4n) is 2.03. The van der Waals surface area contributed by atoms with Gasteiger partial charge in [-0.3, -0.25) is 5.43 Å². The van der Waals surface area contributed by atoms with Crippen molar-refractivity contribution in [2.24, 2.45) is 5.10 Å². The van der Waals surface area contributed by atoms with Gasteiger partial charge in [-0.05, 0) is 60.9 Å². The van der Waals surface area contributed by atoms with Gasteiger partial charge in [-0.25, -0.2) is 0 Å². The van der Waals surface area contributed by atoms with Crippen LogP contribution in [0.4, 0.5) is 5.69 Å². The van der Waals surface area contributed by atoms with E-state index in [-0.39, 0.29) is 0 Å². The van der Waals surface area contributed by atoms with Crippen LogP contribution in [-0.4, -0.2) is 18.3 Å². The van der Waals surface area contributed by atoms with E-state index < -0.39 is 12.6 Å². The number of hydrogen-bond acceptors (Lipinski definition) is 5.